The molecule has 4 nitrogen and oxygen atoms in total. The van der Waals surface area contributed by atoms with Gasteiger partial charge in [-0.2, -0.15) is 0 Å². The zero-order valence-corrected chi connectivity index (χ0v) is 13.4. The number of ether oxygens (including phenoxy) is 1. The van der Waals surface area contributed by atoms with Crippen LogP contribution in [-0.4, -0.2) is 41.7 Å². The Morgan fingerprint density at radius 2 is 2.14 bits per heavy atom. The van der Waals surface area contributed by atoms with Crippen LogP contribution in [-0.2, 0) is 4.79 Å². The Labute approximate surface area is 133 Å². The van der Waals surface area contributed by atoms with E-state index in [0.717, 1.165) is 11.1 Å². The van der Waals surface area contributed by atoms with E-state index in [1.54, 1.807) is 12.1 Å². The second-order valence-corrected chi connectivity index (χ2v) is 6.13. The highest BCUT2D eigenvalue weighted by molar-refractivity contribution is 6.36. The number of nitrogens with zero attached hydrogens (tertiary/aromatic N) is 1. The summed E-state index contributed by atoms with van der Waals surface area (Å²) in [6.07, 6.45) is 1.97. The van der Waals surface area contributed by atoms with Gasteiger partial charge < -0.3 is 9.84 Å². The van der Waals surface area contributed by atoms with Crippen molar-refractivity contribution in [3.63, 3.8) is 0 Å². The van der Waals surface area contributed by atoms with E-state index < -0.39 is 5.97 Å². The minimum absolute atomic E-state index is 0.00182. The predicted octanol–water partition coefficient (Wildman–Crippen LogP) is 3.56. The summed E-state index contributed by atoms with van der Waals surface area (Å²) < 4.78 is 5.67. The zero-order chi connectivity index (χ0) is 15.6. The maximum Gasteiger partial charge on any atom is 0.317 e. The molecule has 1 aliphatic rings. The van der Waals surface area contributed by atoms with E-state index in [1.165, 1.54) is 0 Å². The summed E-state index contributed by atoms with van der Waals surface area (Å²) in [7, 11) is 0. The maximum absolute atomic E-state index is 10.9. The molecule has 114 valence electrons. The maximum atomic E-state index is 10.9. The van der Waals surface area contributed by atoms with E-state index in [2.05, 4.69) is 0 Å². The Balaban J connectivity index is 2.21. The van der Waals surface area contributed by atoms with E-state index in [9.17, 15) is 4.79 Å². The van der Waals surface area contributed by atoms with Crippen LogP contribution in [0.3, 0.4) is 0 Å². The van der Waals surface area contributed by atoms with Crippen LogP contribution in [0.2, 0.25) is 10.0 Å². The largest absolute Gasteiger partial charge is 0.487 e. The Bertz CT molecular complexity index is 585. The minimum Gasteiger partial charge on any atom is -0.487 e. The summed E-state index contributed by atoms with van der Waals surface area (Å²) >= 11 is 12.1. The molecule has 0 saturated heterocycles. The smallest absolute Gasteiger partial charge is 0.317 e. The lowest BCUT2D eigenvalue weighted by atomic mass is 10.1. The third-order valence-corrected chi connectivity index (χ3v) is 3.77. The number of benzene rings is 1. The molecule has 0 fully saturated rings. The van der Waals surface area contributed by atoms with Crippen LogP contribution in [0.15, 0.2) is 17.7 Å². The third kappa shape index (κ3) is 4.13. The Morgan fingerprint density at radius 3 is 2.76 bits per heavy atom. The monoisotopic (exact) mass is 329 g/mol. The van der Waals surface area contributed by atoms with Crippen LogP contribution in [0.25, 0.3) is 6.08 Å². The molecule has 1 N–H and O–H groups in total. The van der Waals surface area contributed by atoms with Gasteiger partial charge in [-0.1, -0.05) is 23.2 Å². The number of carboxylic acid groups (broad SMARTS) is 1. The van der Waals surface area contributed by atoms with Gasteiger partial charge in [0, 0.05) is 23.2 Å². The van der Waals surface area contributed by atoms with Crippen molar-refractivity contribution in [2.24, 2.45) is 0 Å². The lowest BCUT2D eigenvalue weighted by Gasteiger charge is -2.28. The highest BCUT2D eigenvalue weighted by Gasteiger charge is 2.20. The summed E-state index contributed by atoms with van der Waals surface area (Å²) in [5, 5.41) is 10.00. The van der Waals surface area contributed by atoms with E-state index >= 15 is 0 Å². The molecular weight excluding hydrogens is 313 g/mol. The van der Waals surface area contributed by atoms with Crippen molar-refractivity contribution < 1.29 is 14.6 Å². The average Bonchev–Trinajstić information content (AvgIpc) is 2.36. The third-order valence-electron chi connectivity index (χ3n) is 3.27. The first-order valence-electron chi connectivity index (χ1n) is 6.64. The first-order valence-corrected chi connectivity index (χ1v) is 7.39. The minimum atomic E-state index is -0.840. The number of carboxylic acids is 1. The first kappa shape index (κ1) is 16.1. The quantitative estimate of drug-likeness (QED) is 0.897. The lowest BCUT2D eigenvalue weighted by molar-refractivity contribution is -0.138. The number of carbonyl (C=O) groups is 1. The molecule has 21 heavy (non-hydrogen) atoms. The zero-order valence-electron chi connectivity index (χ0n) is 11.9. The van der Waals surface area contributed by atoms with Crippen molar-refractivity contribution in [1.82, 2.24) is 4.90 Å². The van der Waals surface area contributed by atoms with Crippen LogP contribution < -0.4 is 4.74 Å². The Kier molecular flexibility index (Phi) is 5.14. The van der Waals surface area contributed by atoms with Crippen molar-refractivity contribution in [3.05, 3.63) is 33.3 Å². The van der Waals surface area contributed by atoms with Crippen LogP contribution >= 0.6 is 23.2 Å². The number of hydrogen-bond acceptors (Lipinski definition) is 3. The molecule has 0 atom stereocenters. The van der Waals surface area contributed by atoms with Gasteiger partial charge in [0.25, 0.3) is 0 Å². The van der Waals surface area contributed by atoms with Crippen molar-refractivity contribution in [1.29, 1.82) is 0 Å². The van der Waals surface area contributed by atoms with Crippen molar-refractivity contribution in [2.75, 3.05) is 19.7 Å². The molecule has 0 unspecified atom stereocenters. The molecule has 0 saturated carbocycles. The second kappa shape index (κ2) is 6.69. The standard InChI is InChI=1S/C15H17Cl2NO3/c1-9(2)18(7-14(19)20)6-10-3-11-4-12(16)5-13(17)15(11)21-8-10/h3-5,9H,6-8H2,1-2H3,(H,19,20). The molecule has 1 aromatic carbocycles. The number of fused-ring (bicyclic) bond motifs is 1. The van der Waals surface area contributed by atoms with Crippen molar-refractivity contribution >= 4 is 35.2 Å². The van der Waals surface area contributed by atoms with Gasteiger partial charge in [0.15, 0.2) is 0 Å². The van der Waals surface area contributed by atoms with E-state index in [0.29, 0.717) is 28.9 Å². The molecule has 1 heterocycles. The summed E-state index contributed by atoms with van der Waals surface area (Å²) in [6.45, 7) is 4.87. The van der Waals surface area contributed by atoms with Gasteiger partial charge in [0.1, 0.15) is 12.4 Å². The Morgan fingerprint density at radius 1 is 1.43 bits per heavy atom. The van der Waals surface area contributed by atoms with Gasteiger partial charge in [-0.3, -0.25) is 9.69 Å². The molecule has 0 aliphatic carbocycles. The Hall–Kier alpha value is -1.23. The SMILES string of the molecule is CC(C)N(CC(=O)O)CC1=Cc2cc(Cl)cc(Cl)c2OC1. The van der Waals surface area contributed by atoms with E-state index in [1.807, 2.05) is 24.8 Å². The summed E-state index contributed by atoms with van der Waals surface area (Å²) in [6, 6.07) is 3.57. The van der Waals surface area contributed by atoms with Gasteiger partial charge in [0.05, 0.1) is 11.6 Å². The van der Waals surface area contributed by atoms with Crippen LogP contribution in [0.4, 0.5) is 0 Å². The van der Waals surface area contributed by atoms with Gasteiger partial charge >= 0.3 is 5.97 Å². The van der Waals surface area contributed by atoms with Gasteiger partial charge in [0.2, 0.25) is 0 Å². The van der Waals surface area contributed by atoms with Crippen molar-refractivity contribution in [3.8, 4) is 5.75 Å². The molecule has 6 heteroatoms. The fourth-order valence-corrected chi connectivity index (χ4v) is 2.78. The van der Waals surface area contributed by atoms with Crippen molar-refractivity contribution in [2.45, 2.75) is 19.9 Å². The average molecular weight is 330 g/mol. The molecule has 0 aromatic heterocycles. The van der Waals surface area contributed by atoms with Crippen LogP contribution in [0, 0.1) is 0 Å². The fourth-order valence-electron chi connectivity index (χ4n) is 2.21. The molecule has 0 radical (unpaired) electrons. The van der Waals surface area contributed by atoms with Crippen LogP contribution in [0.1, 0.15) is 19.4 Å². The molecule has 1 aromatic rings. The van der Waals surface area contributed by atoms with Crippen LogP contribution in [0.5, 0.6) is 5.75 Å². The molecule has 2 rings (SSSR count). The summed E-state index contributed by atoms with van der Waals surface area (Å²) in [4.78, 5) is 12.8. The number of halogens is 2. The molecular formula is C15H17Cl2NO3. The normalized spacial score (nSPS) is 13.9. The summed E-state index contributed by atoms with van der Waals surface area (Å²) in [5.41, 5.74) is 1.82. The summed E-state index contributed by atoms with van der Waals surface area (Å²) in [5.74, 6) is -0.216. The van der Waals surface area contributed by atoms with Gasteiger partial charge in [-0.05, 0) is 37.6 Å². The molecule has 0 bridgehead atoms. The number of aliphatic carboxylic acids is 1. The van der Waals surface area contributed by atoms with Gasteiger partial charge in [-0.15, -0.1) is 0 Å². The topological polar surface area (TPSA) is 49.8 Å². The van der Waals surface area contributed by atoms with Gasteiger partial charge in [-0.25, -0.2) is 0 Å². The number of rotatable bonds is 5. The predicted molar refractivity (Wildman–Crippen MR) is 84.3 cm³/mol. The number of hydrogen-bond donors (Lipinski definition) is 1. The highest BCUT2D eigenvalue weighted by Crippen LogP contribution is 2.36. The van der Waals surface area contributed by atoms with E-state index in [4.69, 9.17) is 33.0 Å². The molecule has 0 spiro atoms. The first-order chi connectivity index (χ1) is 9.86. The second-order valence-electron chi connectivity index (χ2n) is 5.29. The highest BCUT2D eigenvalue weighted by atomic mass is 35.5. The fraction of sp³-hybridized carbons (Fsp3) is 0.400. The van der Waals surface area contributed by atoms with E-state index in [-0.39, 0.29) is 12.6 Å². The molecule has 1 aliphatic heterocycles. The lowest BCUT2D eigenvalue weighted by Crippen LogP contribution is -2.38. The molecule has 0 amide bonds.